The van der Waals surface area contributed by atoms with Gasteiger partial charge in [0.15, 0.2) is 0 Å². The molecule has 0 aliphatic heterocycles. The van der Waals surface area contributed by atoms with Crippen molar-refractivity contribution >= 4 is 11.8 Å². The van der Waals surface area contributed by atoms with Crippen LogP contribution in [0.1, 0.15) is 42.9 Å². The molecule has 1 aromatic carbocycles. The van der Waals surface area contributed by atoms with E-state index in [4.69, 9.17) is 5.73 Å². The Labute approximate surface area is 122 Å². The predicted octanol–water partition coefficient (Wildman–Crippen LogP) is 2.71. The SMILES string of the molecule is Cc1cc(CN)ccc1Sc1nnnn1C1CCCC1. The zero-order valence-corrected chi connectivity index (χ0v) is 12.4. The van der Waals surface area contributed by atoms with Gasteiger partial charge in [-0.1, -0.05) is 25.0 Å². The molecule has 20 heavy (non-hydrogen) atoms. The Morgan fingerprint density at radius 1 is 1.35 bits per heavy atom. The average molecular weight is 289 g/mol. The van der Waals surface area contributed by atoms with Crippen LogP contribution in [0.5, 0.6) is 0 Å². The van der Waals surface area contributed by atoms with Crippen LogP contribution in [0.25, 0.3) is 0 Å². The Bertz CT molecular complexity index is 589. The molecule has 1 fully saturated rings. The van der Waals surface area contributed by atoms with Crippen molar-refractivity contribution in [3.05, 3.63) is 29.3 Å². The number of rotatable bonds is 4. The molecule has 2 aromatic rings. The molecule has 0 unspecified atom stereocenters. The van der Waals surface area contributed by atoms with Gasteiger partial charge in [0.05, 0.1) is 6.04 Å². The second-order valence-corrected chi connectivity index (χ2v) is 6.26. The van der Waals surface area contributed by atoms with Crippen molar-refractivity contribution in [2.45, 2.75) is 55.2 Å². The molecule has 1 aliphatic rings. The molecule has 5 nitrogen and oxygen atoms in total. The van der Waals surface area contributed by atoms with Crippen LogP contribution < -0.4 is 5.73 Å². The Morgan fingerprint density at radius 2 is 2.15 bits per heavy atom. The molecule has 0 saturated heterocycles. The fourth-order valence-electron chi connectivity index (χ4n) is 2.68. The summed E-state index contributed by atoms with van der Waals surface area (Å²) in [5, 5.41) is 13.1. The number of nitrogens with two attached hydrogens (primary N) is 1. The fourth-order valence-corrected chi connectivity index (χ4v) is 3.59. The van der Waals surface area contributed by atoms with Crippen molar-refractivity contribution in [1.82, 2.24) is 20.2 Å². The van der Waals surface area contributed by atoms with Crippen LogP contribution in [0.15, 0.2) is 28.3 Å². The van der Waals surface area contributed by atoms with Gasteiger partial charge in [0.1, 0.15) is 0 Å². The van der Waals surface area contributed by atoms with Crippen molar-refractivity contribution in [2.24, 2.45) is 5.73 Å². The van der Waals surface area contributed by atoms with Crippen molar-refractivity contribution in [3.63, 3.8) is 0 Å². The third-order valence-corrected chi connectivity index (χ3v) is 4.94. The highest BCUT2D eigenvalue weighted by Gasteiger charge is 2.22. The quantitative estimate of drug-likeness (QED) is 0.937. The lowest BCUT2D eigenvalue weighted by molar-refractivity contribution is 0.423. The minimum absolute atomic E-state index is 0.469. The van der Waals surface area contributed by atoms with Gasteiger partial charge in [-0.2, -0.15) is 0 Å². The second-order valence-electron chi connectivity index (χ2n) is 5.25. The van der Waals surface area contributed by atoms with Crippen LogP contribution in [0, 0.1) is 6.92 Å². The van der Waals surface area contributed by atoms with Gasteiger partial charge in [-0.05, 0) is 59.1 Å². The van der Waals surface area contributed by atoms with Gasteiger partial charge in [0, 0.05) is 11.4 Å². The first-order valence-electron chi connectivity index (χ1n) is 7.03. The first-order valence-corrected chi connectivity index (χ1v) is 7.85. The first kappa shape index (κ1) is 13.6. The topological polar surface area (TPSA) is 69.6 Å². The summed E-state index contributed by atoms with van der Waals surface area (Å²) in [4.78, 5) is 1.19. The molecule has 0 spiro atoms. The average Bonchev–Trinajstić information content (AvgIpc) is 3.11. The molecule has 1 aliphatic carbocycles. The minimum Gasteiger partial charge on any atom is -0.326 e. The summed E-state index contributed by atoms with van der Waals surface area (Å²) in [5.74, 6) is 0. The van der Waals surface area contributed by atoms with E-state index in [1.54, 1.807) is 11.8 Å². The number of aryl methyl sites for hydroxylation is 1. The van der Waals surface area contributed by atoms with E-state index in [0.29, 0.717) is 12.6 Å². The molecular formula is C14H19N5S. The lowest BCUT2D eigenvalue weighted by Gasteiger charge is -2.12. The smallest absolute Gasteiger partial charge is 0.214 e. The Kier molecular flexibility index (Phi) is 4.03. The van der Waals surface area contributed by atoms with Crippen molar-refractivity contribution in [1.29, 1.82) is 0 Å². The van der Waals surface area contributed by atoms with E-state index in [9.17, 15) is 0 Å². The van der Waals surface area contributed by atoms with Gasteiger partial charge in [-0.15, -0.1) is 5.10 Å². The fraction of sp³-hybridized carbons (Fsp3) is 0.500. The van der Waals surface area contributed by atoms with E-state index in [0.717, 1.165) is 10.7 Å². The van der Waals surface area contributed by atoms with Crippen molar-refractivity contribution in [3.8, 4) is 0 Å². The maximum Gasteiger partial charge on any atom is 0.214 e. The lowest BCUT2D eigenvalue weighted by atomic mass is 10.1. The maximum absolute atomic E-state index is 5.67. The van der Waals surface area contributed by atoms with Gasteiger partial charge in [-0.3, -0.25) is 0 Å². The number of benzene rings is 1. The number of hydrogen-bond acceptors (Lipinski definition) is 5. The number of aromatic nitrogens is 4. The summed E-state index contributed by atoms with van der Waals surface area (Å²) in [6, 6.07) is 6.78. The number of nitrogens with zero attached hydrogens (tertiary/aromatic N) is 4. The maximum atomic E-state index is 5.67. The Hall–Kier alpha value is -1.40. The molecule has 0 atom stereocenters. The lowest BCUT2D eigenvalue weighted by Crippen LogP contribution is -2.08. The van der Waals surface area contributed by atoms with E-state index in [2.05, 4.69) is 40.6 Å². The van der Waals surface area contributed by atoms with E-state index in [1.165, 1.54) is 36.1 Å². The Balaban J connectivity index is 1.83. The molecule has 0 radical (unpaired) electrons. The molecule has 0 bridgehead atoms. The molecule has 3 rings (SSSR count). The normalized spacial score (nSPS) is 15.9. The molecule has 1 aromatic heterocycles. The third-order valence-electron chi connectivity index (χ3n) is 3.81. The summed E-state index contributed by atoms with van der Waals surface area (Å²) in [7, 11) is 0. The predicted molar refractivity (Wildman–Crippen MR) is 78.5 cm³/mol. The summed E-state index contributed by atoms with van der Waals surface area (Å²) in [6.07, 6.45) is 4.92. The molecule has 1 heterocycles. The van der Waals surface area contributed by atoms with Gasteiger partial charge in [-0.25, -0.2) is 4.68 Å². The van der Waals surface area contributed by atoms with Crippen molar-refractivity contribution < 1.29 is 0 Å². The van der Waals surface area contributed by atoms with Crippen LogP contribution in [0.4, 0.5) is 0 Å². The molecule has 106 valence electrons. The largest absolute Gasteiger partial charge is 0.326 e. The van der Waals surface area contributed by atoms with Crippen LogP contribution in [-0.2, 0) is 6.54 Å². The number of tetrazole rings is 1. The standard InChI is InChI=1S/C14H19N5S/c1-10-8-11(9-15)6-7-13(10)20-14-16-17-18-19(14)12-4-2-3-5-12/h6-8,12H,2-5,9,15H2,1H3. The van der Waals surface area contributed by atoms with Gasteiger partial charge < -0.3 is 5.73 Å². The highest BCUT2D eigenvalue weighted by atomic mass is 32.2. The molecule has 2 N–H and O–H groups in total. The van der Waals surface area contributed by atoms with E-state index < -0.39 is 0 Å². The van der Waals surface area contributed by atoms with Gasteiger partial charge in [0.2, 0.25) is 5.16 Å². The second kappa shape index (κ2) is 5.93. The van der Waals surface area contributed by atoms with E-state index >= 15 is 0 Å². The van der Waals surface area contributed by atoms with Crippen LogP contribution in [-0.4, -0.2) is 20.2 Å². The summed E-state index contributed by atoms with van der Waals surface area (Å²) in [6.45, 7) is 2.68. The third kappa shape index (κ3) is 2.71. The monoisotopic (exact) mass is 289 g/mol. The van der Waals surface area contributed by atoms with Gasteiger partial charge in [0.25, 0.3) is 0 Å². The molecular weight excluding hydrogens is 270 g/mol. The number of hydrogen-bond donors (Lipinski definition) is 1. The van der Waals surface area contributed by atoms with Gasteiger partial charge >= 0.3 is 0 Å². The molecule has 6 heteroatoms. The van der Waals surface area contributed by atoms with Crippen LogP contribution in [0.2, 0.25) is 0 Å². The highest BCUT2D eigenvalue weighted by Crippen LogP contribution is 2.34. The van der Waals surface area contributed by atoms with E-state index in [-0.39, 0.29) is 0 Å². The summed E-state index contributed by atoms with van der Waals surface area (Å²) < 4.78 is 1.99. The first-order chi connectivity index (χ1) is 9.78. The molecule has 0 amide bonds. The van der Waals surface area contributed by atoms with E-state index in [1.807, 2.05) is 4.68 Å². The summed E-state index contributed by atoms with van der Waals surface area (Å²) in [5.41, 5.74) is 8.04. The summed E-state index contributed by atoms with van der Waals surface area (Å²) >= 11 is 1.64. The minimum atomic E-state index is 0.469. The Morgan fingerprint density at radius 3 is 2.85 bits per heavy atom. The highest BCUT2D eigenvalue weighted by molar-refractivity contribution is 7.99. The van der Waals surface area contributed by atoms with Crippen LogP contribution in [0.3, 0.4) is 0 Å². The molecule has 1 saturated carbocycles. The zero-order valence-electron chi connectivity index (χ0n) is 11.6. The zero-order chi connectivity index (χ0) is 13.9. The van der Waals surface area contributed by atoms with Crippen LogP contribution >= 0.6 is 11.8 Å². The van der Waals surface area contributed by atoms with Crippen molar-refractivity contribution in [2.75, 3.05) is 0 Å².